The highest BCUT2D eigenvalue weighted by atomic mass is 35.5. The maximum absolute atomic E-state index is 5.89. The molecule has 2 rings (SSSR count). The number of hydrogen-bond donors (Lipinski definition) is 1. The van der Waals surface area contributed by atoms with E-state index in [0.717, 1.165) is 5.02 Å². The van der Waals surface area contributed by atoms with Gasteiger partial charge in [-0.15, -0.1) is 0 Å². The minimum absolute atomic E-state index is 0.283. The summed E-state index contributed by atoms with van der Waals surface area (Å²) in [5.41, 5.74) is 2.48. The third kappa shape index (κ3) is 3.31. The van der Waals surface area contributed by atoms with Crippen LogP contribution >= 0.6 is 11.6 Å². The van der Waals surface area contributed by atoms with Gasteiger partial charge in [0.25, 0.3) is 0 Å². The SMILES string of the molecule is CC(NC(C)c1ccc(Cl)cc1)c1ccncc1. The van der Waals surface area contributed by atoms with Crippen LogP contribution in [0, 0.1) is 0 Å². The molecule has 94 valence electrons. The molecule has 0 spiro atoms. The Morgan fingerprint density at radius 2 is 1.39 bits per heavy atom. The third-order valence-corrected chi connectivity index (χ3v) is 3.33. The quantitative estimate of drug-likeness (QED) is 0.893. The van der Waals surface area contributed by atoms with Crippen LogP contribution in [0.1, 0.15) is 37.1 Å². The fraction of sp³-hybridized carbons (Fsp3) is 0.267. The molecular weight excluding hydrogens is 244 g/mol. The number of nitrogens with one attached hydrogen (secondary N) is 1. The number of halogens is 1. The molecular formula is C15H17ClN2. The van der Waals surface area contributed by atoms with E-state index in [4.69, 9.17) is 11.6 Å². The molecule has 2 nitrogen and oxygen atoms in total. The highest BCUT2D eigenvalue weighted by Crippen LogP contribution is 2.20. The largest absolute Gasteiger partial charge is 0.304 e. The molecule has 0 radical (unpaired) electrons. The highest BCUT2D eigenvalue weighted by Gasteiger charge is 2.10. The van der Waals surface area contributed by atoms with Crippen LogP contribution in [0.15, 0.2) is 48.8 Å². The van der Waals surface area contributed by atoms with Crippen molar-refractivity contribution in [2.75, 3.05) is 0 Å². The zero-order chi connectivity index (χ0) is 13.0. The predicted molar refractivity (Wildman–Crippen MR) is 75.7 cm³/mol. The van der Waals surface area contributed by atoms with E-state index >= 15 is 0 Å². The summed E-state index contributed by atoms with van der Waals surface area (Å²) in [6.45, 7) is 4.31. The summed E-state index contributed by atoms with van der Waals surface area (Å²) >= 11 is 5.89. The van der Waals surface area contributed by atoms with Gasteiger partial charge in [-0.2, -0.15) is 0 Å². The van der Waals surface area contributed by atoms with E-state index in [-0.39, 0.29) is 6.04 Å². The number of pyridine rings is 1. The Kier molecular flexibility index (Phi) is 4.34. The average Bonchev–Trinajstić information content (AvgIpc) is 2.40. The maximum atomic E-state index is 5.89. The molecule has 0 amide bonds. The van der Waals surface area contributed by atoms with Gasteiger partial charge in [-0.05, 0) is 49.2 Å². The van der Waals surface area contributed by atoms with Gasteiger partial charge in [-0.1, -0.05) is 23.7 Å². The molecule has 18 heavy (non-hydrogen) atoms. The Bertz CT molecular complexity index is 482. The zero-order valence-corrected chi connectivity index (χ0v) is 11.4. The summed E-state index contributed by atoms with van der Waals surface area (Å²) in [7, 11) is 0. The Morgan fingerprint density at radius 1 is 0.889 bits per heavy atom. The fourth-order valence-electron chi connectivity index (χ4n) is 1.97. The van der Waals surface area contributed by atoms with Crippen LogP contribution in [-0.4, -0.2) is 4.98 Å². The van der Waals surface area contributed by atoms with Crippen LogP contribution in [0.4, 0.5) is 0 Å². The van der Waals surface area contributed by atoms with Crippen molar-refractivity contribution in [3.63, 3.8) is 0 Å². The number of hydrogen-bond acceptors (Lipinski definition) is 2. The standard InChI is InChI=1S/C15H17ClN2/c1-11(13-3-5-15(16)6-4-13)18-12(2)14-7-9-17-10-8-14/h3-12,18H,1-2H3. The van der Waals surface area contributed by atoms with Gasteiger partial charge in [0.2, 0.25) is 0 Å². The molecule has 3 heteroatoms. The van der Waals surface area contributed by atoms with Crippen molar-refractivity contribution in [3.8, 4) is 0 Å². The molecule has 0 aliphatic carbocycles. The minimum atomic E-state index is 0.283. The summed E-state index contributed by atoms with van der Waals surface area (Å²) in [4.78, 5) is 4.03. The normalized spacial score (nSPS) is 14.2. The van der Waals surface area contributed by atoms with E-state index in [2.05, 4.69) is 36.3 Å². The molecule has 1 aromatic carbocycles. The molecule has 0 fully saturated rings. The molecule has 1 aromatic heterocycles. The zero-order valence-electron chi connectivity index (χ0n) is 10.6. The van der Waals surface area contributed by atoms with Crippen molar-refractivity contribution in [3.05, 3.63) is 64.9 Å². The minimum Gasteiger partial charge on any atom is -0.304 e. The van der Waals surface area contributed by atoms with Gasteiger partial charge < -0.3 is 5.32 Å². The van der Waals surface area contributed by atoms with Crippen LogP contribution in [0.3, 0.4) is 0 Å². The number of rotatable bonds is 4. The van der Waals surface area contributed by atoms with Gasteiger partial charge in [0.1, 0.15) is 0 Å². The molecule has 0 saturated heterocycles. The van der Waals surface area contributed by atoms with Crippen molar-refractivity contribution in [2.45, 2.75) is 25.9 Å². The molecule has 2 aromatic rings. The monoisotopic (exact) mass is 260 g/mol. The fourth-order valence-corrected chi connectivity index (χ4v) is 2.10. The van der Waals surface area contributed by atoms with Gasteiger partial charge in [0, 0.05) is 29.5 Å². The summed E-state index contributed by atoms with van der Waals surface area (Å²) < 4.78 is 0. The molecule has 2 atom stereocenters. The molecule has 0 bridgehead atoms. The lowest BCUT2D eigenvalue weighted by molar-refractivity contribution is 0.494. The van der Waals surface area contributed by atoms with Gasteiger partial charge >= 0.3 is 0 Å². The van der Waals surface area contributed by atoms with E-state index in [1.54, 1.807) is 0 Å². The Morgan fingerprint density at radius 3 is 1.94 bits per heavy atom. The summed E-state index contributed by atoms with van der Waals surface area (Å²) in [6.07, 6.45) is 3.64. The van der Waals surface area contributed by atoms with E-state index < -0.39 is 0 Å². The topological polar surface area (TPSA) is 24.9 Å². The summed E-state index contributed by atoms with van der Waals surface area (Å²) in [5, 5.41) is 4.33. The number of benzene rings is 1. The van der Waals surface area contributed by atoms with Crippen molar-refractivity contribution in [1.29, 1.82) is 0 Å². The lowest BCUT2D eigenvalue weighted by Gasteiger charge is -2.20. The van der Waals surface area contributed by atoms with Crippen molar-refractivity contribution in [1.82, 2.24) is 10.3 Å². The smallest absolute Gasteiger partial charge is 0.0406 e. The second-order valence-corrected chi connectivity index (χ2v) is 4.88. The number of aromatic nitrogens is 1. The van der Waals surface area contributed by atoms with E-state index in [1.807, 2.05) is 36.7 Å². The first-order valence-electron chi connectivity index (χ1n) is 6.08. The Hall–Kier alpha value is -1.38. The molecule has 1 heterocycles. The molecule has 0 aliphatic heterocycles. The van der Waals surface area contributed by atoms with Crippen LogP contribution in [0.5, 0.6) is 0 Å². The third-order valence-electron chi connectivity index (χ3n) is 3.08. The Balaban J connectivity index is 2.03. The van der Waals surface area contributed by atoms with Crippen LogP contribution < -0.4 is 5.32 Å². The van der Waals surface area contributed by atoms with Gasteiger partial charge in [-0.25, -0.2) is 0 Å². The maximum Gasteiger partial charge on any atom is 0.0406 e. The lowest BCUT2D eigenvalue weighted by Crippen LogP contribution is -2.22. The predicted octanol–water partition coefficient (Wildman–Crippen LogP) is 4.15. The average molecular weight is 261 g/mol. The molecule has 2 unspecified atom stereocenters. The lowest BCUT2D eigenvalue weighted by atomic mass is 10.1. The van der Waals surface area contributed by atoms with Crippen molar-refractivity contribution >= 4 is 11.6 Å². The second-order valence-electron chi connectivity index (χ2n) is 4.44. The van der Waals surface area contributed by atoms with Crippen LogP contribution in [-0.2, 0) is 0 Å². The van der Waals surface area contributed by atoms with Crippen LogP contribution in [0.2, 0.25) is 5.02 Å². The van der Waals surface area contributed by atoms with E-state index in [0.29, 0.717) is 6.04 Å². The highest BCUT2D eigenvalue weighted by molar-refractivity contribution is 6.30. The van der Waals surface area contributed by atoms with Crippen molar-refractivity contribution < 1.29 is 0 Å². The summed E-state index contributed by atoms with van der Waals surface area (Å²) in [5.74, 6) is 0. The van der Waals surface area contributed by atoms with Gasteiger partial charge in [0.05, 0.1) is 0 Å². The van der Waals surface area contributed by atoms with E-state index in [9.17, 15) is 0 Å². The second kappa shape index (κ2) is 5.98. The van der Waals surface area contributed by atoms with Gasteiger partial charge in [0.15, 0.2) is 0 Å². The first kappa shape index (κ1) is 13.1. The molecule has 0 saturated carbocycles. The van der Waals surface area contributed by atoms with Crippen LogP contribution in [0.25, 0.3) is 0 Å². The van der Waals surface area contributed by atoms with Gasteiger partial charge in [-0.3, -0.25) is 4.98 Å². The molecule has 0 aliphatic rings. The van der Waals surface area contributed by atoms with Crippen molar-refractivity contribution in [2.24, 2.45) is 0 Å². The van der Waals surface area contributed by atoms with E-state index in [1.165, 1.54) is 11.1 Å². The Labute approximate surface area is 113 Å². The summed E-state index contributed by atoms with van der Waals surface area (Å²) in [6, 6.07) is 12.6. The molecule has 1 N–H and O–H groups in total. The first-order valence-corrected chi connectivity index (χ1v) is 6.46. The number of nitrogens with zero attached hydrogens (tertiary/aromatic N) is 1. The first-order chi connectivity index (χ1) is 8.66.